The third-order valence-corrected chi connectivity index (χ3v) is 5.10. The molecule has 0 fully saturated rings. The van der Waals surface area contributed by atoms with Crippen molar-refractivity contribution in [2.75, 3.05) is 24.3 Å². The van der Waals surface area contributed by atoms with Gasteiger partial charge in [-0.15, -0.1) is 0 Å². The van der Waals surface area contributed by atoms with Crippen molar-refractivity contribution < 1.29 is 14.1 Å². The van der Waals surface area contributed by atoms with Crippen molar-refractivity contribution in [3.05, 3.63) is 52.9 Å². The lowest BCUT2D eigenvalue weighted by Crippen LogP contribution is -2.17. The Morgan fingerprint density at radius 3 is 2.48 bits per heavy atom. The highest BCUT2D eigenvalue weighted by molar-refractivity contribution is 6.01. The highest BCUT2D eigenvalue weighted by atomic mass is 16.5. The molecule has 1 aromatic heterocycles. The van der Waals surface area contributed by atoms with Gasteiger partial charge in [-0.05, 0) is 55.7 Å². The molecular formula is C22H24N4O3. The molecule has 2 amide bonds. The van der Waals surface area contributed by atoms with Gasteiger partial charge >= 0.3 is 0 Å². The summed E-state index contributed by atoms with van der Waals surface area (Å²) in [6.45, 7) is 5.59. The van der Waals surface area contributed by atoms with Crippen LogP contribution in [0, 0.1) is 20.8 Å². The number of anilines is 2. The van der Waals surface area contributed by atoms with Crippen molar-refractivity contribution in [3.8, 4) is 22.3 Å². The molecule has 7 heteroatoms. The monoisotopic (exact) mass is 392 g/mol. The first kappa shape index (κ1) is 20.1. The van der Waals surface area contributed by atoms with Gasteiger partial charge in [0.05, 0.1) is 17.1 Å². The van der Waals surface area contributed by atoms with Crippen molar-refractivity contribution in [1.29, 1.82) is 0 Å². The van der Waals surface area contributed by atoms with Crippen LogP contribution in [0.1, 0.15) is 27.4 Å². The second-order valence-electron chi connectivity index (χ2n) is 6.93. The average molecular weight is 392 g/mol. The van der Waals surface area contributed by atoms with E-state index in [2.05, 4.69) is 10.5 Å². The molecule has 1 heterocycles. The van der Waals surface area contributed by atoms with Gasteiger partial charge in [-0.1, -0.05) is 17.3 Å². The first-order valence-corrected chi connectivity index (χ1v) is 9.17. The second kappa shape index (κ2) is 7.79. The molecule has 0 unspecified atom stereocenters. The Morgan fingerprint density at radius 2 is 1.93 bits per heavy atom. The molecule has 2 aromatic carbocycles. The molecule has 0 aliphatic carbocycles. The highest BCUT2D eigenvalue weighted by Crippen LogP contribution is 2.43. The minimum absolute atomic E-state index is 0.441. The van der Waals surface area contributed by atoms with Crippen LogP contribution in [0.3, 0.4) is 0 Å². The average Bonchev–Trinajstić information content (AvgIpc) is 3.04. The van der Waals surface area contributed by atoms with Crippen molar-refractivity contribution >= 4 is 23.7 Å². The molecule has 0 saturated heterocycles. The standard InChI is InChI=1S/C22H24N4O3/c1-12-16(7-6-8-17(12)22(23)28)18-9-15(20-13(2)25-29-14(20)3)10-19(24-4)21(18)26(5)11-27/h6-11,24H,1-5H3,(H2,23,28). The molecule has 0 atom stereocenters. The van der Waals surface area contributed by atoms with Crippen LogP contribution in [-0.2, 0) is 4.79 Å². The number of nitrogens with two attached hydrogens (primary N) is 1. The van der Waals surface area contributed by atoms with Crippen LogP contribution >= 0.6 is 0 Å². The predicted molar refractivity (Wildman–Crippen MR) is 114 cm³/mol. The van der Waals surface area contributed by atoms with Crippen molar-refractivity contribution in [2.45, 2.75) is 20.8 Å². The Morgan fingerprint density at radius 1 is 1.21 bits per heavy atom. The Bertz CT molecular complexity index is 1080. The summed E-state index contributed by atoms with van der Waals surface area (Å²) < 4.78 is 5.34. The van der Waals surface area contributed by atoms with Gasteiger partial charge in [-0.2, -0.15) is 0 Å². The first-order valence-electron chi connectivity index (χ1n) is 9.17. The van der Waals surface area contributed by atoms with Gasteiger partial charge in [0.25, 0.3) is 0 Å². The van der Waals surface area contributed by atoms with E-state index in [4.69, 9.17) is 10.3 Å². The number of aromatic nitrogens is 1. The molecule has 0 saturated carbocycles. The Balaban J connectivity index is 2.41. The number of nitrogens with one attached hydrogen (secondary N) is 1. The van der Waals surface area contributed by atoms with Gasteiger partial charge < -0.3 is 20.5 Å². The number of primary amides is 1. The summed E-state index contributed by atoms with van der Waals surface area (Å²) in [7, 11) is 3.49. The fourth-order valence-electron chi connectivity index (χ4n) is 3.70. The van der Waals surface area contributed by atoms with E-state index >= 15 is 0 Å². The molecule has 3 aromatic rings. The van der Waals surface area contributed by atoms with Gasteiger partial charge in [-0.3, -0.25) is 9.59 Å². The summed E-state index contributed by atoms with van der Waals surface area (Å²) >= 11 is 0. The molecular weight excluding hydrogens is 368 g/mol. The zero-order valence-electron chi connectivity index (χ0n) is 17.2. The zero-order valence-corrected chi connectivity index (χ0v) is 17.2. The molecule has 150 valence electrons. The molecule has 7 nitrogen and oxygen atoms in total. The number of hydrogen-bond donors (Lipinski definition) is 2. The fraction of sp³-hybridized carbons (Fsp3) is 0.227. The van der Waals surface area contributed by atoms with Crippen LogP contribution in [0.2, 0.25) is 0 Å². The van der Waals surface area contributed by atoms with Crippen LogP contribution in [0.5, 0.6) is 0 Å². The number of aryl methyl sites for hydroxylation is 2. The van der Waals surface area contributed by atoms with E-state index in [1.54, 1.807) is 26.2 Å². The topological polar surface area (TPSA) is 101 Å². The van der Waals surface area contributed by atoms with Crippen molar-refractivity contribution in [3.63, 3.8) is 0 Å². The molecule has 3 rings (SSSR count). The normalized spacial score (nSPS) is 10.7. The van der Waals surface area contributed by atoms with Crippen LogP contribution in [-0.4, -0.2) is 31.6 Å². The third-order valence-electron chi connectivity index (χ3n) is 5.10. The molecule has 29 heavy (non-hydrogen) atoms. The Hall–Kier alpha value is -3.61. The number of benzene rings is 2. The fourth-order valence-corrected chi connectivity index (χ4v) is 3.70. The van der Waals surface area contributed by atoms with Crippen molar-refractivity contribution in [1.82, 2.24) is 5.16 Å². The molecule has 0 aliphatic heterocycles. The number of rotatable bonds is 6. The Labute approximate surface area is 169 Å². The molecule has 0 spiro atoms. The number of nitrogens with zero attached hydrogens (tertiary/aromatic N) is 2. The smallest absolute Gasteiger partial charge is 0.248 e. The van der Waals surface area contributed by atoms with E-state index in [0.717, 1.165) is 45.6 Å². The van der Waals surface area contributed by atoms with E-state index in [1.807, 2.05) is 39.0 Å². The second-order valence-corrected chi connectivity index (χ2v) is 6.93. The molecule has 0 bridgehead atoms. The summed E-state index contributed by atoms with van der Waals surface area (Å²) in [5.41, 5.74) is 12.4. The van der Waals surface area contributed by atoms with Crippen LogP contribution in [0.15, 0.2) is 34.9 Å². The van der Waals surface area contributed by atoms with Crippen LogP contribution in [0.4, 0.5) is 11.4 Å². The summed E-state index contributed by atoms with van der Waals surface area (Å²) in [5, 5.41) is 7.23. The predicted octanol–water partition coefficient (Wildman–Crippen LogP) is 3.67. The van der Waals surface area contributed by atoms with E-state index in [9.17, 15) is 9.59 Å². The summed E-state index contributed by atoms with van der Waals surface area (Å²) in [5.74, 6) is 0.208. The highest BCUT2D eigenvalue weighted by Gasteiger charge is 2.21. The maximum Gasteiger partial charge on any atom is 0.248 e. The summed E-state index contributed by atoms with van der Waals surface area (Å²) in [4.78, 5) is 25.0. The quantitative estimate of drug-likeness (QED) is 0.623. The van der Waals surface area contributed by atoms with E-state index in [-0.39, 0.29) is 0 Å². The van der Waals surface area contributed by atoms with E-state index < -0.39 is 5.91 Å². The molecule has 0 aliphatic rings. The lowest BCUT2D eigenvalue weighted by molar-refractivity contribution is -0.107. The zero-order chi connectivity index (χ0) is 21.3. The van der Waals surface area contributed by atoms with E-state index in [0.29, 0.717) is 17.0 Å². The van der Waals surface area contributed by atoms with Gasteiger partial charge in [0.15, 0.2) is 0 Å². The van der Waals surface area contributed by atoms with Gasteiger partial charge in [0, 0.05) is 30.8 Å². The molecule has 3 N–H and O–H groups in total. The SMILES string of the molecule is CNc1cc(-c2c(C)noc2C)cc(-c2cccc(C(N)=O)c2C)c1N(C)C=O. The number of hydrogen-bond acceptors (Lipinski definition) is 5. The van der Waals surface area contributed by atoms with Crippen LogP contribution in [0.25, 0.3) is 22.3 Å². The lowest BCUT2D eigenvalue weighted by atomic mass is 9.91. The lowest BCUT2D eigenvalue weighted by Gasteiger charge is -2.23. The molecule has 0 radical (unpaired) electrons. The summed E-state index contributed by atoms with van der Waals surface area (Å²) in [6.07, 6.45) is 0.753. The first-order chi connectivity index (χ1) is 13.8. The number of amides is 2. The minimum Gasteiger partial charge on any atom is -0.386 e. The Kier molecular flexibility index (Phi) is 5.41. The van der Waals surface area contributed by atoms with Crippen molar-refractivity contribution in [2.24, 2.45) is 5.73 Å². The van der Waals surface area contributed by atoms with E-state index in [1.165, 1.54) is 4.90 Å². The van der Waals surface area contributed by atoms with Gasteiger partial charge in [-0.25, -0.2) is 0 Å². The van der Waals surface area contributed by atoms with Gasteiger partial charge in [0.2, 0.25) is 12.3 Å². The maximum absolute atomic E-state index is 11.9. The third kappa shape index (κ3) is 3.47. The summed E-state index contributed by atoms with van der Waals surface area (Å²) in [6, 6.07) is 9.33. The number of carbonyl (C=O) groups is 2. The largest absolute Gasteiger partial charge is 0.386 e. The minimum atomic E-state index is -0.495. The number of carbonyl (C=O) groups excluding carboxylic acids is 2. The van der Waals surface area contributed by atoms with Crippen LogP contribution < -0.4 is 16.0 Å². The maximum atomic E-state index is 11.9. The van der Waals surface area contributed by atoms with Gasteiger partial charge in [0.1, 0.15) is 5.76 Å².